The average Bonchev–Trinajstić information content (AvgIpc) is 3.27. The van der Waals surface area contributed by atoms with Gasteiger partial charge in [0.25, 0.3) is 0 Å². The number of carboxylic acid groups (broad SMARTS) is 1. The Morgan fingerprint density at radius 3 is 2.42 bits per heavy atom. The number of piperazine rings is 2. The molecule has 12 heteroatoms. The van der Waals surface area contributed by atoms with Gasteiger partial charge in [0.2, 0.25) is 5.88 Å². The molecule has 4 N–H and O–H groups in total. The molecule has 3 aromatic rings. The summed E-state index contributed by atoms with van der Waals surface area (Å²) in [6, 6.07) is 13.8. The largest absolute Gasteiger partial charge is 0.507 e. The molecule has 2 unspecified atom stereocenters. The van der Waals surface area contributed by atoms with Crippen LogP contribution in [-0.2, 0) is 4.79 Å². The first-order chi connectivity index (χ1) is 20.9. The lowest BCUT2D eigenvalue weighted by atomic mass is 10.1. The van der Waals surface area contributed by atoms with E-state index in [1.54, 1.807) is 12.1 Å². The topological polar surface area (TPSA) is 144 Å². The fourth-order valence-electron chi connectivity index (χ4n) is 6.60. The molecule has 43 heavy (non-hydrogen) atoms. The standard InChI is InChI=1S/C31H40N8O4/c32-31-27(19-26(34-35-31)25-4-1-2-5-28(25)40)38-20-23-7-8-24(21-38)39(23)22-9-10-33-29(18-22)43-17-16-37-14-12-36(13-15-37)11-3-6-30(41)42/h1-2,4-5,9-10,18-19,23-24,40H,3,6-8,11-17,20-21H2,(H2,32,35)(H,41,42). The predicted molar refractivity (Wildman–Crippen MR) is 165 cm³/mol. The quantitative estimate of drug-likeness (QED) is 0.303. The van der Waals surface area contributed by atoms with Crippen LogP contribution in [0.25, 0.3) is 11.3 Å². The molecular weight excluding hydrogens is 548 g/mol. The molecule has 3 aliphatic rings. The van der Waals surface area contributed by atoms with Crippen LogP contribution in [0.3, 0.4) is 0 Å². The number of pyridine rings is 1. The number of anilines is 3. The molecule has 0 spiro atoms. The van der Waals surface area contributed by atoms with Gasteiger partial charge in [0.15, 0.2) is 5.82 Å². The Kier molecular flexibility index (Phi) is 8.75. The number of benzene rings is 1. The smallest absolute Gasteiger partial charge is 0.303 e. The number of fused-ring (bicyclic) bond motifs is 2. The number of para-hydroxylation sites is 1. The molecule has 2 bridgehead atoms. The third-order valence-electron chi connectivity index (χ3n) is 8.81. The summed E-state index contributed by atoms with van der Waals surface area (Å²) in [6.07, 6.45) is 4.94. The van der Waals surface area contributed by atoms with Crippen LogP contribution in [-0.4, -0.2) is 112 Å². The highest BCUT2D eigenvalue weighted by molar-refractivity contribution is 5.74. The summed E-state index contributed by atoms with van der Waals surface area (Å²) in [5.41, 5.74) is 9.53. The van der Waals surface area contributed by atoms with E-state index in [1.807, 2.05) is 24.4 Å². The van der Waals surface area contributed by atoms with E-state index in [9.17, 15) is 9.90 Å². The Balaban J connectivity index is 1.03. The van der Waals surface area contributed by atoms with E-state index in [2.05, 4.69) is 46.9 Å². The Morgan fingerprint density at radius 1 is 0.977 bits per heavy atom. The number of nitrogen functional groups attached to an aromatic ring is 1. The SMILES string of the molecule is Nc1nnc(-c2ccccc2O)cc1N1CC2CCC(C1)N2c1ccnc(OCCN2CCN(CCCC(=O)O)CC2)c1. The van der Waals surface area contributed by atoms with Crippen molar-refractivity contribution in [1.29, 1.82) is 0 Å². The number of ether oxygens (including phenoxy) is 1. The zero-order valence-corrected chi connectivity index (χ0v) is 24.4. The second-order valence-corrected chi connectivity index (χ2v) is 11.6. The Bertz CT molecular complexity index is 1400. The number of carbonyl (C=O) groups is 1. The van der Waals surface area contributed by atoms with Crippen molar-refractivity contribution in [1.82, 2.24) is 25.0 Å². The first-order valence-corrected chi connectivity index (χ1v) is 15.1. The van der Waals surface area contributed by atoms with E-state index < -0.39 is 5.97 Å². The van der Waals surface area contributed by atoms with Gasteiger partial charge in [0.05, 0.1) is 11.4 Å². The molecule has 2 aromatic heterocycles. The molecule has 228 valence electrons. The Labute approximate surface area is 251 Å². The molecule has 12 nitrogen and oxygen atoms in total. The highest BCUT2D eigenvalue weighted by Gasteiger charge is 2.41. The molecule has 0 aliphatic carbocycles. The van der Waals surface area contributed by atoms with Crippen LogP contribution in [0, 0.1) is 0 Å². The fourth-order valence-corrected chi connectivity index (χ4v) is 6.60. The zero-order chi connectivity index (χ0) is 29.8. The van der Waals surface area contributed by atoms with E-state index in [0.717, 1.165) is 76.6 Å². The van der Waals surface area contributed by atoms with E-state index in [1.165, 1.54) is 0 Å². The number of aromatic hydroxyl groups is 1. The number of phenolic OH excluding ortho intramolecular Hbond substituents is 1. The Hall–Kier alpha value is -4.16. The van der Waals surface area contributed by atoms with Gasteiger partial charge in [-0.1, -0.05) is 12.1 Å². The van der Waals surface area contributed by atoms with Crippen molar-refractivity contribution in [3.8, 4) is 22.9 Å². The first-order valence-electron chi connectivity index (χ1n) is 15.1. The number of carboxylic acids is 1. The molecule has 5 heterocycles. The summed E-state index contributed by atoms with van der Waals surface area (Å²) in [7, 11) is 0. The monoisotopic (exact) mass is 588 g/mol. The molecular formula is C31H40N8O4. The fraction of sp³-hybridized carbons (Fsp3) is 0.484. The molecule has 2 atom stereocenters. The molecule has 3 fully saturated rings. The van der Waals surface area contributed by atoms with Gasteiger partial charge in [0.1, 0.15) is 12.4 Å². The maximum atomic E-state index is 10.7. The third-order valence-corrected chi connectivity index (χ3v) is 8.81. The predicted octanol–water partition coefficient (Wildman–Crippen LogP) is 2.55. The molecule has 6 rings (SSSR count). The van der Waals surface area contributed by atoms with Gasteiger partial charge < -0.3 is 35.4 Å². The highest BCUT2D eigenvalue weighted by Crippen LogP contribution is 2.39. The number of nitrogens with zero attached hydrogens (tertiary/aromatic N) is 7. The van der Waals surface area contributed by atoms with E-state index in [4.69, 9.17) is 15.6 Å². The van der Waals surface area contributed by atoms with Gasteiger partial charge in [-0.05, 0) is 50.1 Å². The van der Waals surface area contributed by atoms with Crippen LogP contribution in [0.15, 0.2) is 48.7 Å². The molecule has 0 saturated carbocycles. The average molecular weight is 589 g/mol. The highest BCUT2D eigenvalue weighted by atomic mass is 16.5. The normalized spacial score (nSPS) is 20.8. The zero-order valence-electron chi connectivity index (χ0n) is 24.4. The summed E-state index contributed by atoms with van der Waals surface area (Å²) in [5.74, 6) is 0.477. The van der Waals surface area contributed by atoms with Gasteiger partial charge in [-0.15, -0.1) is 10.2 Å². The summed E-state index contributed by atoms with van der Waals surface area (Å²) in [4.78, 5) is 24.8. The number of hydrogen-bond donors (Lipinski definition) is 3. The van der Waals surface area contributed by atoms with Crippen molar-refractivity contribution in [3.05, 3.63) is 48.7 Å². The van der Waals surface area contributed by atoms with Crippen LogP contribution in [0.4, 0.5) is 17.2 Å². The van der Waals surface area contributed by atoms with Crippen LogP contribution in [0.5, 0.6) is 11.6 Å². The minimum absolute atomic E-state index is 0.167. The van der Waals surface area contributed by atoms with Gasteiger partial charge in [-0.25, -0.2) is 4.98 Å². The van der Waals surface area contributed by atoms with Crippen molar-refractivity contribution in [2.75, 3.05) is 74.5 Å². The summed E-state index contributed by atoms with van der Waals surface area (Å²) >= 11 is 0. The van der Waals surface area contributed by atoms with E-state index in [0.29, 0.717) is 48.1 Å². The molecule has 1 aromatic carbocycles. The van der Waals surface area contributed by atoms with Crippen molar-refractivity contribution in [2.45, 2.75) is 37.8 Å². The van der Waals surface area contributed by atoms with Gasteiger partial charge in [-0.2, -0.15) is 0 Å². The van der Waals surface area contributed by atoms with Gasteiger partial charge in [0, 0.05) is 87.8 Å². The molecule has 3 saturated heterocycles. The lowest BCUT2D eigenvalue weighted by Gasteiger charge is -2.43. The number of aromatic nitrogens is 3. The number of aliphatic carboxylic acids is 1. The summed E-state index contributed by atoms with van der Waals surface area (Å²) in [6.45, 7) is 7.72. The Morgan fingerprint density at radius 2 is 1.70 bits per heavy atom. The molecule has 0 amide bonds. The van der Waals surface area contributed by atoms with E-state index >= 15 is 0 Å². The van der Waals surface area contributed by atoms with Crippen LogP contribution in [0.1, 0.15) is 25.7 Å². The van der Waals surface area contributed by atoms with Gasteiger partial charge >= 0.3 is 5.97 Å². The second-order valence-electron chi connectivity index (χ2n) is 11.6. The number of nitrogens with two attached hydrogens (primary N) is 1. The lowest BCUT2D eigenvalue weighted by Crippen LogP contribution is -2.54. The van der Waals surface area contributed by atoms with Crippen molar-refractivity contribution in [3.63, 3.8) is 0 Å². The minimum atomic E-state index is -0.726. The van der Waals surface area contributed by atoms with Crippen molar-refractivity contribution >= 4 is 23.2 Å². The van der Waals surface area contributed by atoms with Crippen LogP contribution in [0.2, 0.25) is 0 Å². The number of hydrogen-bond acceptors (Lipinski definition) is 11. The summed E-state index contributed by atoms with van der Waals surface area (Å²) in [5, 5.41) is 27.6. The van der Waals surface area contributed by atoms with Crippen LogP contribution < -0.4 is 20.3 Å². The van der Waals surface area contributed by atoms with Crippen LogP contribution >= 0.6 is 0 Å². The number of rotatable bonds is 11. The lowest BCUT2D eigenvalue weighted by molar-refractivity contribution is -0.137. The second kappa shape index (κ2) is 13.0. The van der Waals surface area contributed by atoms with Crippen molar-refractivity contribution < 1.29 is 19.7 Å². The van der Waals surface area contributed by atoms with E-state index in [-0.39, 0.29) is 12.2 Å². The number of phenols is 1. The minimum Gasteiger partial charge on any atom is -0.507 e. The summed E-state index contributed by atoms with van der Waals surface area (Å²) < 4.78 is 6.10. The van der Waals surface area contributed by atoms with Gasteiger partial charge in [-0.3, -0.25) is 9.69 Å². The molecule has 0 radical (unpaired) electrons. The maximum Gasteiger partial charge on any atom is 0.303 e. The third kappa shape index (κ3) is 6.75. The molecule has 3 aliphatic heterocycles. The first kappa shape index (κ1) is 28.9. The van der Waals surface area contributed by atoms with Crippen molar-refractivity contribution in [2.24, 2.45) is 0 Å². The maximum absolute atomic E-state index is 10.7.